The van der Waals surface area contributed by atoms with Crippen molar-refractivity contribution in [3.8, 4) is 0 Å². The van der Waals surface area contributed by atoms with Crippen LogP contribution < -0.4 is 0 Å². The van der Waals surface area contributed by atoms with Crippen LogP contribution >= 0.6 is 0 Å². The zero-order valence-corrected chi connectivity index (χ0v) is 8.00. The van der Waals surface area contributed by atoms with Crippen LogP contribution in [-0.2, 0) is 0 Å². The van der Waals surface area contributed by atoms with Gasteiger partial charge in [0.2, 0.25) is 0 Å². The van der Waals surface area contributed by atoms with Gasteiger partial charge in [-0.3, -0.25) is 4.90 Å². The Kier molecular flexibility index (Phi) is 1.52. The largest absolute Gasteiger partial charge is 0.297 e. The Balaban J connectivity index is 1.84. The number of nitrogens with zero attached hydrogens (tertiary/aromatic N) is 1. The first-order valence-electron chi connectivity index (χ1n) is 5.62. The summed E-state index contributed by atoms with van der Waals surface area (Å²) in [5.74, 6) is 2.09. The van der Waals surface area contributed by atoms with E-state index in [1.807, 2.05) is 0 Å². The van der Waals surface area contributed by atoms with Crippen molar-refractivity contribution in [3.05, 3.63) is 0 Å². The summed E-state index contributed by atoms with van der Waals surface area (Å²) in [4.78, 5) is 2.84. The first-order chi connectivity index (χ1) is 5.86. The van der Waals surface area contributed by atoms with Gasteiger partial charge in [0, 0.05) is 12.1 Å². The van der Waals surface area contributed by atoms with E-state index >= 15 is 0 Å². The van der Waals surface area contributed by atoms with E-state index in [0.29, 0.717) is 0 Å². The smallest absolute Gasteiger partial charge is 0.0127 e. The average Bonchev–Trinajstić information content (AvgIpc) is 2.62. The van der Waals surface area contributed by atoms with E-state index in [2.05, 4.69) is 11.8 Å². The minimum atomic E-state index is 0.986. The fourth-order valence-electron chi connectivity index (χ4n) is 3.95. The predicted octanol–water partition coefficient (Wildman–Crippen LogP) is 2.27. The minimum Gasteiger partial charge on any atom is -0.297 e. The molecular weight excluding hydrogens is 146 g/mol. The van der Waals surface area contributed by atoms with E-state index < -0.39 is 0 Å². The number of fused-ring (bicyclic) bond motifs is 5. The van der Waals surface area contributed by atoms with Crippen molar-refractivity contribution in [2.24, 2.45) is 11.8 Å². The van der Waals surface area contributed by atoms with Crippen molar-refractivity contribution < 1.29 is 0 Å². The molecule has 2 aliphatic heterocycles. The summed E-state index contributed by atoms with van der Waals surface area (Å²) in [7, 11) is 0. The van der Waals surface area contributed by atoms with E-state index in [0.717, 1.165) is 23.9 Å². The molecule has 12 heavy (non-hydrogen) atoms. The molecule has 3 rings (SSSR count). The Hall–Kier alpha value is -0.0400. The molecule has 68 valence electrons. The first-order valence-corrected chi connectivity index (χ1v) is 5.62. The van der Waals surface area contributed by atoms with Crippen LogP contribution in [0, 0.1) is 11.8 Å². The molecular formula is C11H19N. The summed E-state index contributed by atoms with van der Waals surface area (Å²) >= 11 is 0. The van der Waals surface area contributed by atoms with Gasteiger partial charge in [-0.25, -0.2) is 0 Å². The standard InChI is InChI=1S/C11H19N/c1-8-6-9-7-11(8)12-5-3-2-4-10(9)12/h8-11H,2-7H2,1H3. The molecule has 3 aliphatic rings. The highest BCUT2D eigenvalue weighted by atomic mass is 15.2. The Labute approximate surface area is 75.1 Å². The molecule has 1 heteroatoms. The van der Waals surface area contributed by atoms with Crippen molar-refractivity contribution in [2.45, 2.75) is 51.1 Å². The second-order valence-electron chi connectivity index (χ2n) is 5.08. The molecule has 1 saturated carbocycles. The summed E-state index contributed by atoms with van der Waals surface area (Å²) < 4.78 is 0. The van der Waals surface area contributed by atoms with Crippen LogP contribution in [-0.4, -0.2) is 23.5 Å². The summed E-state index contributed by atoms with van der Waals surface area (Å²) in [6.45, 7) is 3.87. The van der Waals surface area contributed by atoms with Crippen LogP contribution in [0.5, 0.6) is 0 Å². The fourth-order valence-corrected chi connectivity index (χ4v) is 3.95. The lowest BCUT2D eigenvalue weighted by Crippen LogP contribution is -2.46. The molecule has 0 aromatic carbocycles. The molecule has 2 saturated heterocycles. The average molecular weight is 165 g/mol. The maximum Gasteiger partial charge on any atom is 0.0127 e. The topological polar surface area (TPSA) is 3.24 Å². The number of rotatable bonds is 0. The SMILES string of the molecule is CC1CC2CC1N1CCCCC21. The second kappa shape index (κ2) is 2.47. The van der Waals surface area contributed by atoms with Crippen molar-refractivity contribution >= 4 is 0 Å². The van der Waals surface area contributed by atoms with Gasteiger partial charge in [0.05, 0.1) is 0 Å². The van der Waals surface area contributed by atoms with Crippen LogP contribution in [0.4, 0.5) is 0 Å². The van der Waals surface area contributed by atoms with Gasteiger partial charge in [0.1, 0.15) is 0 Å². The van der Waals surface area contributed by atoms with Gasteiger partial charge in [-0.05, 0) is 44.1 Å². The summed E-state index contributed by atoms with van der Waals surface area (Å²) in [5.41, 5.74) is 0. The molecule has 1 nitrogen and oxygen atoms in total. The summed E-state index contributed by atoms with van der Waals surface area (Å²) in [6, 6.07) is 2.00. The van der Waals surface area contributed by atoms with Crippen LogP contribution in [0.15, 0.2) is 0 Å². The predicted molar refractivity (Wildman–Crippen MR) is 50.0 cm³/mol. The van der Waals surface area contributed by atoms with Crippen molar-refractivity contribution in [2.75, 3.05) is 6.54 Å². The maximum absolute atomic E-state index is 2.84. The van der Waals surface area contributed by atoms with Gasteiger partial charge in [0.15, 0.2) is 0 Å². The third-order valence-corrected chi connectivity index (χ3v) is 4.44. The van der Waals surface area contributed by atoms with Crippen LogP contribution in [0.1, 0.15) is 39.0 Å². The van der Waals surface area contributed by atoms with Crippen LogP contribution in [0.25, 0.3) is 0 Å². The van der Waals surface area contributed by atoms with E-state index in [-0.39, 0.29) is 0 Å². The highest BCUT2D eigenvalue weighted by Crippen LogP contribution is 2.48. The number of hydrogen-bond donors (Lipinski definition) is 0. The molecule has 0 aromatic rings. The highest BCUT2D eigenvalue weighted by Gasteiger charge is 2.49. The van der Waals surface area contributed by atoms with Gasteiger partial charge < -0.3 is 0 Å². The first kappa shape index (κ1) is 7.37. The monoisotopic (exact) mass is 165 g/mol. The maximum atomic E-state index is 2.84. The van der Waals surface area contributed by atoms with Gasteiger partial charge in [-0.1, -0.05) is 13.3 Å². The molecule has 3 fully saturated rings. The van der Waals surface area contributed by atoms with E-state index in [1.54, 1.807) is 0 Å². The second-order valence-corrected chi connectivity index (χ2v) is 5.08. The lowest BCUT2D eigenvalue weighted by Gasteiger charge is -2.41. The zero-order chi connectivity index (χ0) is 8.13. The minimum absolute atomic E-state index is 0.986. The molecule has 1 aliphatic carbocycles. The van der Waals surface area contributed by atoms with Crippen molar-refractivity contribution in [3.63, 3.8) is 0 Å². The lowest BCUT2D eigenvalue weighted by molar-refractivity contribution is 0.0717. The Morgan fingerprint density at radius 3 is 2.92 bits per heavy atom. The summed E-state index contributed by atoms with van der Waals surface area (Å²) in [6.07, 6.45) is 7.54. The third kappa shape index (κ3) is 0.834. The quantitative estimate of drug-likeness (QED) is 0.532. The lowest BCUT2D eigenvalue weighted by atomic mass is 9.88. The van der Waals surface area contributed by atoms with E-state index in [4.69, 9.17) is 0 Å². The third-order valence-electron chi connectivity index (χ3n) is 4.44. The van der Waals surface area contributed by atoms with E-state index in [9.17, 15) is 0 Å². The number of piperidine rings is 2. The van der Waals surface area contributed by atoms with Crippen LogP contribution in [0.2, 0.25) is 0 Å². The van der Waals surface area contributed by atoms with Gasteiger partial charge in [-0.2, -0.15) is 0 Å². The van der Waals surface area contributed by atoms with Crippen molar-refractivity contribution in [1.82, 2.24) is 4.90 Å². The number of hydrogen-bond acceptors (Lipinski definition) is 1. The highest BCUT2D eigenvalue weighted by molar-refractivity contribution is 5.03. The molecule has 0 amide bonds. The van der Waals surface area contributed by atoms with Crippen molar-refractivity contribution in [1.29, 1.82) is 0 Å². The van der Waals surface area contributed by atoms with Gasteiger partial charge in [0.25, 0.3) is 0 Å². The Morgan fingerprint density at radius 1 is 1.08 bits per heavy atom. The molecule has 0 aromatic heterocycles. The summed E-state index contributed by atoms with van der Waals surface area (Å²) in [5, 5.41) is 0. The van der Waals surface area contributed by atoms with E-state index in [1.165, 1.54) is 38.6 Å². The van der Waals surface area contributed by atoms with Gasteiger partial charge >= 0.3 is 0 Å². The Morgan fingerprint density at radius 2 is 2.00 bits per heavy atom. The fraction of sp³-hybridized carbons (Fsp3) is 1.00. The molecule has 0 N–H and O–H groups in total. The van der Waals surface area contributed by atoms with Crippen LogP contribution in [0.3, 0.4) is 0 Å². The normalized spacial score (nSPS) is 52.8. The molecule has 4 unspecified atom stereocenters. The Bertz CT molecular complexity index is 187. The molecule has 0 spiro atoms. The van der Waals surface area contributed by atoms with Gasteiger partial charge in [-0.15, -0.1) is 0 Å². The zero-order valence-electron chi connectivity index (χ0n) is 8.00. The molecule has 0 radical (unpaired) electrons. The molecule has 2 bridgehead atoms. The molecule has 2 heterocycles. The molecule has 4 atom stereocenters.